The second-order valence-corrected chi connectivity index (χ2v) is 13.3. The fraction of sp³-hybridized carbons (Fsp3) is 0.667. The maximum atomic E-state index is 15.6. The summed E-state index contributed by atoms with van der Waals surface area (Å²) in [6.07, 6.45) is 2.84. The Balaban J connectivity index is 1.14. The molecule has 41 heavy (non-hydrogen) atoms. The smallest absolute Gasteiger partial charge is 0.399 e. The number of nitrogens with zero attached hydrogens (tertiary/aromatic N) is 2. The van der Waals surface area contributed by atoms with E-state index < -0.39 is 52.7 Å². The van der Waals surface area contributed by atoms with Crippen molar-refractivity contribution < 1.29 is 36.9 Å². The highest BCUT2D eigenvalue weighted by atomic mass is 32.2. The highest BCUT2D eigenvalue weighted by Gasteiger charge is 2.54. The van der Waals surface area contributed by atoms with Crippen molar-refractivity contribution in [3.63, 3.8) is 0 Å². The van der Waals surface area contributed by atoms with Crippen molar-refractivity contribution in [2.24, 2.45) is 0 Å². The molecule has 0 aliphatic carbocycles. The average Bonchev–Trinajstić information content (AvgIpc) is 3.50. The summed E-state index contributed by atoms with van der Waals surface area (Å²) in [5.74, 6) is -3.89. The molecule has 5 rings (SSSR count). The number of hydrogen-bond donors (Lipinski definition) is 2. The maximum Gasteiger partial charge on any atom is 0.500 e. The van der Waals surface area contributed by atoms with Gasteiger partial charge < -0.3 is 29.7 Å². The van der Waals surface area contributed by atoms with Gasteiger partial charge in [-0.3, -0.25) is 9.59 Å². The quantitative estimate of drug-likeness (QED) is 0.285. The molecule has 0 saturated carbocycles. The van der Waals surface area contributed by atoms with Crippen LogP contribution in [0, 0.1) is 17.5 Å². The molecule has 3 atom stereocenters. The van der Waals surface area contributed by atoms with Gasteiger partial charge in [0.2, 0.25) is 5.91 Å². The Hall–Kier alpha value is -2.45. The molecule has 4 aliphatic rings. The number of carbonyl (C=O) groups is 3. The summed E-state index contributed by atoms with van der Waals surface area (Å²) in [6.45, 7) is 7.54. The molecular weight excluding hydrogens is 560 g/mol. The lowest BCUT2D eigenvalue weighted by atomic mass is 9.77. The Labute approximate surface area is 242 Å². The zero-order valence-electron chi connectivity index (χ0n) is 23.7. The van der Waals surface area contributed by atoms with Crippen LogP contribution in [0.5, 0.6) is 0 Å². The van der Waals surface area contributed by atoms with Crippen molar-refractivity contribution in [1.29, 1.82) is 0 Å². The standard InChI is InChI=1S/C27H36BF3N4O5S/c1-26(2)27(3,4)40-28(39-26)21-16(30)13-15(29)20(22(21)31)24(37)35-11-9-34(10-12-35)19(36)8-6-5-7-18-23-17(14-41-18)32-25(38)33-23/h13,17-18,23H,5-12,14H2,1-4H3,(H2,32,33,38). The van der Waals surface area contributed by atoms with Gasteiger partial charge in [0.25, 0.3) is 5.91 Å². The summed E-state index contributed by atoms with van der Waals surface area (Å²) < 4.78 is 56.6. The molecule has 1 aromatic rings. The molecule has 4 fully saturated rings. The number of halogens is 3. The number of rotatable bonds is 7. The van der Waals surface area contributed by atoms with Gasteiger partial charge in [0.05, 0.1) is 28.7 Å². The summed E-state index contributed by atoms with van der Waals surface area (Å²) in [5.41, 5.74) is -3.28. The molecule has 224 valence electrons. The Morgan fingerprint density at radius 2 is 1.63 bits per heavy atom. The fourth-order valence-corrected chi connectivity index (χ4v) is 7.26. The topological polar surface area (TPSA) is 100 Å². The first-order valence-electron chi connectivity index (χ1n) is 14.1. The number of urea groups is 1. The number of fused-ring (bicyclic) bond motifs is 1. The van der Waals surface area contributed by atoms with Gasteiger partial charge >= 0.3 is 13.1 Å². The Morgan fingerprint density at radius 3 is 2.29 bits per heavy atom. The predicted molar refractivity (Wildman–Crippen MR) is 148 cm³/mol. The van der Waals surface area contributed by atoms with Gasteiger partial charge in [-0.05, 0) is 40.5 Å². The Bertz CT molecular complexity index is 1210. The van der Waals surface area contributed by atoms with Crippen LogP contribution in [0.15, 0.2) is 6.07 Å². The van der Waals surface area contributed by atoms with E-state index in [0.717, 1.165) is 18.6 Å². The summed E-state index contributed by atoms with van der Waals surface area (Å²) in [6, 6.07) is 0.675. The van der Waals surface area contributed by atoms with Crippen LogP contribution in [0.25, 0.3) is 0 Å². The van der Waals surface area contributed by atoms with Gasteiger partial charge in [0.1, 0.15) is 23.0 Å². The first-order chi connectivity index (χ1) is 19.3. The zero-order chi connectivity index (χ0) is 29.7. The van der Waals surface area contributed by atoms with Crippen LogP contribution >= 0.6 is 11.8 Å². The molecule has 0 bridgehead atoms. The van der Waals surface area contributed by atoms with Gasteiger partial charge in [0, 0.05) is 49.7 Å². The summed E-state index contributed by atoms with van der Waals surface area (Å²) in [4.78, 5) is 40.4. The molecule has 3 unspecified atom stereocenters. The van der Waals surface area contributed by atoms with Gasteiger partial charge in [-0.25, -0.2) is 18.0 Å². The molecule has 14 heteroatoms. The number of piperazine rings is 1. The van der Waals surface area contributed by atoms with Crippen molar-refractivity contribution in [2.45, 2.75) is 81.9 Å². The van der Waals surface area contributed by atoms with Crippen LogP contribution in [-0.4, -0.2) is 95.2 Å². The van der Waals surface area contributed by atoms with Crippen LogP contribution in [0.2, 0.25) is 0 Å². The van der Waals surface area contributed by atoms with Crippen molar-refractivity contribution in [3.05, 3.63) is 29.1 Å². The third-order valence-electron chi connectivity index (χ3n) is 8.90. The molecule has 0 spiro atoms. The summed E-state index contributed by atoms with van der Waals surface area (Å²) in [7, 11) is -1.44. The third kappa shape index (κ3) is 5.79. The monoisotopic (exact) mass is 596 g/mol. The first-order valence-corrected chi connectivity index (χ1v) is 15.1. The van der Waals surface area contributed by atoms with Crippen LogP contribution in [-0.2, 0) is 14.1 Å². The second-order valence-electron chi connectivity index (χ2n) is 12.1. The lowest BCUT2D eigenvalue weighted by Crippen LogP contribution is -2.51. The molecule has 4 aliphatic heterocycles. The molecule has 2 N–H and O–H groups in total. The van der Waals surface area contributed by atoms with Crippen molar-refractivity contribution >= 4 is 42.2 Å². The van der Waals surface area contributed by atoms with E-state index in [1.165, 1.54) is 4.90 Å². The highest BCUT2D eigenvalue weighted by Crippen LogP contribution is 2.37. The summed E-state index contributed by atoms with van der Waals surface area (Å²) >= 11 is 1.84. The van der Waals surface area contributed by atoms with E-state index in [2.05, 4.69) is 10.6 Å². The zero-order valence-corrected chi connectivity index (χ0v) is 24.5. The first kappa shape index (κ1) is 30.0. The molecule has 0 aromatic heterocycles. The molecule has 9 nitrogen and oxygen atoms in total. The third-order valence-corrected chi connectivity index (χ3v) is 10.4. The molecular formula is C27H36BF3N4O5S. The number of benzene rings is 1. The van der Waals surface area contributed by atoms with Crippen LogP contribution in [0.3, 0.4) is 0 Å². The van der Waals surface area contributed by atoms with Gasteiger partial charge in [0.15, 0.2) is 0 Å². The normalized spacial score (nSPS) is 26.7. The molecule has 4 saturated heterocycles. The van der Waals surface area contributed by atoms with Gasteiger partial charge in [-0.2, -0.15) is 11.8 Å². The lowest BCUT2D eigenvalue weighted by molar-refractivity contribution is -0.132. The van der Waals surface area contributed by atoms with Crippen molar-refractivity contribution in [3.8, 4) is 0 Å². The van der Waals surface area contributed by atoms with E-state index in [1.807, 2.05) is 11.8 Å². The highest BCUT2D eigenvalue weighted by molar-refractivity contribution is 8.00. The Kier molecular flexibility index (Phi) is 8.30. The minimum absolute atomic E-state index is 0.0351. The Morgan fingerprint density at radius 1 is 1.00 bits per heavy atom. The number of amides is 4. The van der Waals surface area contributed by atoms with Crippen LogP contribution < -0.4 is 16.1 Å². The minimum atomic E-state index is -1.44. The minimum Gasteiger partial charge on any atom is -0.399 e. The summed E-state index contributed by atoms with van der Waals surface area (Å²) in [5, 5.41) is 6.22. The van der Waals surface area contributed by atoms with E-state index in [4.69, 9.17) is 9.31 Å². The number of carbonyl (C=O) groups excluding carboxylic acids is 3. The van der Waals surface area contributed by atoms with Gasteiger partial charge in [-0.15, -0.1) is 0 Å². The SMILES string of the molecule is CC1(C)OB(c2c(F)cc(F)c(C(=O)N3CCN(C(=O)CCCCC4SCC5NC(=O)NC54)CC3)c2F)OC1(C)C. The van der Waals surface area contributed by atoms with Crippen LogP contribution in [0.1, 0.15) is 63.7 Å². The molecule has 4 heterocycles. The molecule has 1 aromatic carbocycles. The van der Waals surface area contributed by atoms with Gasteiger partial charge in [-0.1, -0.05) is 6.42 Å². The van der Waals surface area contributed by atoms with E-state index in [1.54, 1.807) is 32.6 Å². The van der Waals surface area contributed by atoms with E-state index in [-0.39, 0.29) is 50.2 Å². The molecule has 0 radical (unpaired) electrons. The van der Waals surface area contributed by atoms with E-state index >= 15 is 4.39 Å². The number of thioether (sulfide) groups is 1. The van der Waals surface area contributed by atoms with Crippen LogP contribution in [0.4, 0.5) is 18.0 Å². The second kappa shape index (κ2) is 11.3. The predicted octanol–water partition coefficient (Wildman–Crippen LogP) is 2.41. The van der Waals surface area contributed by atoms with Crippen molar-refractivity contribution in [1.82, 2.24) is 20.4 Å². The number of hydrogen-bond acceptors (Lipinski definition) is 6. The largest absolute Gasteiger partial charge is 0.500 e. The number of nitrogens with one attached hydrogen (secondary N) is 2. The molecule has 4 amide bonds. The number of unbranched alkanes of at least 4 members (excludes halogenated alkanes) is 1. The fourth-order valence-electron chi connectivity index (χ4n) is 5.72. The van der Waals surface area contributed by atoms with Crippen molar-refractivity contribution in [2.75, 3.05) is 31.9 Å². The maximum absolute atomic E-state index is 15.6. The average molecular weight is 596 g/mol. The lowest BCUT2D eigenvalue weighted by Gasteiger charge is -2.35. The van der Waals surface area contributed by atoms with E-state index in [9.17, 15) is 23.2 Å². The van der Waals surface area contributed by atoms with E-state index in [0.29, 0.717) is 24.2 Å².